The highest BCUT2D eigenvalue weighted by molar-refractivity contribution is 6.30. The number of carbonyl (C=O) groups is 1. The van der Waals surface area contributed by atoms with E-state index >= 15 is 0 Å². The van der Waals surface area contributed by atoms with Crippen molar-refractivity contribution in [1.82, 2.24) is 9.80 Å². The molecule has 1 amide bonds. The lowest BCUT2D eigenvalue weighted by atomic mass is 10.1. The van der Waals surface area contributed by atoms with Crippen molar-refractivity contribution in [3.05, 3.63) is 33.3 Å². The molecule has 150 valence electrons. The fourth-order valence-corrected chi connectivity index (χ4v) is 3.90. The first-order chi connectivity index (χ1) is 12.6. The molecule has 0 bridgehead atoms. The minimum atomic E-state index is -0.400. The zero-order chi connectivity index (χ0) is 20.3. The van der Waals surface area contributed by atoms with E-state index in [0.717, 1.165) is 0 Å². The van der Waals surface area contributed by atoms with Gasteiger partial charge in [0.25, 0.3) is 5.69 Å². The van der Waals surface area contributed by atoms with Crippen molar-refractivity contribution >= 4 is 28.9 Å². The second-order valence-electron chi connectivity index (χ2n) is 7.52. The molecule has 1 aromatic rings. The van der Waals surface area contributed by atoms with Gasteiger partial charge in [-0.05, 0) is 46.8 Å². The molecule has 1 fully saturated rings. The van der Waals surface area contributed by atoms with E-state index in [9.17, 15) is 14.9 Å². The van der Waals surface area contributed by atoms with Crippen LogP contribution in [0.5, 0.6) is 0 Å². The van der Waals surface area contributed by atoms with Crippen molar-refractivity contribution in [2.75, 3.05) is 31.1 Å². The molecule has 27 heavy (non-hydrogen) atoms. The summed E-state index contributed by atoms with van der Waals surface area (Å²) in [5.41, 5.74) is 0.597. The first kappa shape index (κ1) is 21.4. The molecular weight excluding hydrogens is 368 g/mol. The van der Waals surface area contributed by atoms with E-state index in [-0.39, 0.29) is 29.7 Å². The molecule has 2 rings (SSSR count). The van der Waals surface area contributed by atoms with Gasteiger partial charge in [-0.15, -0.1) is 0 Å². The van der Waals surface area contributed by atoms with Gasteiger partial charge in [-0.1, -0.05) is 11.6 Å². The van der Waals surface area contributed by atoms with Gasteiger partial charge in [-0.25, -0.2) is 0 Å². The number of nitrogens with zero attached hydrogens (tertiary/aromatic N) is 4. The molecule has 0 radical (unpaired) electrons. The van der Waals surface area contributed by atoms with Gasteiger partial charge < -0.3 is 9.80 Å². The van der Waals surface area contributed by atoms with Crippen molar-refractivity contribution in [3.63, 3.8) is 0 Å². The largest absolute Gasteiger partial charge is 0.363 e. The van der Waals surface area contributed by atoms with E-state index in [1.165, 1.54) is 6.07 Å². The van der Waals surface area contributed by atoms with Gasteiger partial charge in [0.1, 0.15) is 5.69 Å². The van der Waals surface area contributed by atoms with Gasteiger partial charge in [-0.3, -0.25) is 19.8 Å². The van der Waals surface area contributed by atoms with Crippen LogP contribution in [-0.4, -0.2) is 64.9 Å². The van der Waals surface area contributed by atoms with Crippen molar-refractivity contribution in [2.24, 2.45) is 0 Å². The van der Waals surface area contributed by atoms with Crippen LogP contribution in [0.25, 0.3) is 0 Å². The Kier molecular flexibility index (Phi) is 7.06. The number of nitro benzene ring substituents is 1. The molecule has 0 spiro atoms. The molecule has 0 saturated carbocycles. The maximum absolute atomic E-state index is 12.9. The van der Waals surface area contributed by atoms with Gasteiger partial charge >= 0.3 is 0 Å². The number of carbonyl (C=O) groups excluding carboxylic acids is 1. The molecule has 7 nitrogen and oxygen atoms in total. The van der Waals surface area contributed by atoms with Gasteiger partial charge in [0.2, 0.25) is 5.91 Å². The Morgan fingerprint density at radius 1 is 1.11 bits per heavy atom. The van der Waals surface area contributed by atoms with E-state index < -0.39 is 4.92 Å². The maximum Gasteiger partial charge on any atom is 0.294 e. The standard InChI is InChI=1S/C19H29ClN4O3/c1-13(2)23(14(3)4)19(25)15(5)21-8-10-22(11-9-21)17-7-6-16(20)12-18(17)24(26)27/h6-7,12-15H,8-11H2,1-5H3. The summed E-state index contributed by atoms with van der Waals surface area (Å²) in [6.07, 6.45) is 0. The predicted octanol–water partition coefficient (Wildman–Crippen LogP) is 3.40. The normalized spacial score (nSPS) is 16.7. The molecule has 0 aliphatic carbocycles. The topological polar surface area (TPSA) is 69.9 Å². The molecule has 1 aromatic carbocycles. The van der Waals surface area contributed by atoms with Gasteiger partial charge in [0, 0.05) is 49.4 Å². The highest BCUT2D eigenvalue weighted by Gasteiger charge is 2.32. The van der Waals surface area contributed by atoms with Gasteiger partial charge in [0.15, 0.2) is 0 Å². The number of amides is 1. The van der Waals surface area contributed by atoms with Crippen LogP contribution in [0.4, 0.5) is 11.4 Å². The SMILES string of the molecule is CC(C(=O)N(C(C)C)C(C)C)N1CCN(c2ccc(Cl)cc2[N+](=O)[O-])CC1. The Hall–Kier alpha value is -1.86. The zero-order valence-electron chi connectivity index (χ0n) is 16.7. The van der Waals surface area contributed by atoms with Crippen LogP contribution in [0.15, 0.2) is 18.2 Å². The number of benzene rings is 1. The zero-order valence-corrected chi connectivity index (χ0v) is 17.4. The summed E-state index contributed by atoms with van der Waals surface area (Å²) in [7, 11) is 0. The van der Waals surface area contributed by atoms with Crippen molar-refractivity contribution in [2.45, 2.75) is 52.7 Å². The Bertz CT molecular complexity index is 680. The Morgan fingerprint density at radius 3 is 2.15 bits per heavy atom. The lowest BCUT2D eigenvalue weighted by Crippen LogP contribution is -2.56. The van der Waals surface area contributed by atoms with Crippen molar-refractivity contribution in [3.8, 4) is 0 Å². The van der Waals surface area contributed by atoms with E-state index in [1.54, 1.807) is 12.1 Å². The Balaban J connectivity index is 2.07. The number of hydrogen-bond donors (Lipinski definition) is 0. The van der Waals surface area contributed by atoms with Crippen molar-refractivity contribution in [1.29, 1.82) is 0 Å². The molecule has 1 unspecified atom stereocenters. The molecule has 0 N–H and O–H groups in total. The molecule has 0 aromatic heterocycles. The molecule has 8 heteroatoms. The van der Waals surface area contributed by atoms with E-state index in [1.807, 2.05) is 44.4 Å². The van der Waals surface area contributed by atoms with Crippen LogP contribution >= 0.6 is 11.6 Å². The van der Waals surface area contributed by atoms with E-state index in [0.29, 0.717) is 36.9 Å². The van der Waals surface area contributed by atoms with Crippen LogP contribution in [0.3, 0.4) is 0 Å². The summed E-state index contributed by atoms with van der Waals surface area (Å²) in [6.45, 7) is 12.7. The number of anilines is 1. The third kappa shape index (κ3) is 4.90. The van der Waals surface area contributed by atoms with Gasteiger partial charge in [0.05, 0.1) is 11.0 Å². The average molecular weight is 397 g/mol. The summed E-state index contributed by atoms with van der Waals surface area (Å²) in [5.74, 6) is 0.130. The fraction of sp³-hybridized carbons (Fsp3) is 0.632. The molecule has 1 aliphatic rings. The van der Waals surface area contributed by atoms with Crippen molar-refractivity contribution < 1.29 is 9.72 Å². The number of nitro groups is 1. The van der Waals surface area contributed by atoms with Crippen LogP contribution in [-0.2, 0) is 4.79 Å². The molecular formula is C19H29ClN4O3. The first-order valence-electron chi connectivity index (χ1n) is 9.38. The predicted molar refractivity (Wildman–Crippen MR) is 108 cm³/mol. The van der Waals surface area contributed by atoms with E-state index in [4.69, 9.17) is 11.6 Å². The highest BCUT2D eigenvalue weighted by atomic mass is 35.5. The van der Waals surface area contributed by atoms with Gasteiger partial charge in [-0.2, -0.15) is 0 Å². The summed E-state index contributed by atoms with van der Waals surface area (Å²) < 4.78 is 0. The van der Waals surface area contributed by atoms with E-state index in [2.05, 4.69) is 4.90 Å². The summed E-state index contributed by atoms with van der Waals surface area (Å²) in [5, 5.41) is 11.7. The van der Waals surface area contributed by atoms with Crippen LogP contribution < -0.4 is 4.90 Å². The molecule has 1 atom stereocenters. The Morgan fingerprint density at radius 2 is 1.67 bits per heavy atom. The second kappa shape index (κ2) is 8.89. The minimum Gasteiger partial charge on any atom is -0.363 e. The second-order valence-corrected chi connectivity index (χ2v) is 7.96. The third-order valence-electron chi connectivity index (χ3n) is 5.06. The lowest BCUT2D eigenvalue weighted by molar-refractivity contribution is -0.384. The quantitative estimate of drug-likeness (QED) is 0.544. The number of hydrogen-bond acceptors (Lipinski definition) is 5. The molecule has 1 saturated heterocycles. The number of halogens is 1. The molecule has 1 aliphatic heterocycles. The monoisotopic (exact) mass is 396 g/mol. The Labute approximate surface area is 166 Å². The summed E-state index contributed by atoms with van der Waals surface area (Å²) in [4.78, 5) is 29.9. The fourth-order valence-electron chi connectivity index (χ4n) is 3.74. The van der Waals surface area contributed by atoms with Crippen LogP contribution in [0, 0.1) is 10.1 Å². The van der Waals surface area contributed by atoms with Crippen LogP contribution in [0.1, 0.15) is 34.6 Å². The van der Waals surface area contributed by atoms with Crippen LogP contribution in [0.2, 0.25) is 5.02 Å². The molecule has 1 heterocycles. The number of rotatable bonds is 6. The lowest BCUT2D eigenvalue weighted by Gasteiger charge is -2.41. The average Bonchev–Trinajstić information content (AvgIpc) is 2.60. The summed E-state index contributed by atoms with van der Waals surface area (Å²) in [6, 6.07) is 4.85. The smallest absolute Gasteiger partial charge is 0.294 e. The first-order valence-corrected chi connectivity index (χ1v) is 9.76. The summed E-state index contributed by atoms with van der Waals surface area (Å²) >= 11 is 5.91. The minimum absolute atomic E-state index is 0.0193. The third-order valence-corrected chi connectivity index (χ3v) is 5.30. The maximum atomic E-state index is 12.9. The number of piperazine rings is 1. The highest BCUT2D eigenvalue weighted by Crippen LogP contribution is 2.31.